The molecule has 1 fully saturated rings. The number of allylic oxidation sites excluding steroid dienone is 3. The van der Waals surface area contributed by atoms with Crippen LogP contribution in [0.15, 0.2) is 40.7 Å². The average Bonchev–Trinajstić information content (AvgIpc) is 2.73. The number of piperidine rings is 1. The molecule has 2 aliphatic heterocycles. The van der Waals surface area contributed by atoms with Gasteiger partial charge in [-0.25, -0.2) is 0 Å². The Hall–Kier alpha value is -2.67. The Bertz CT molecular complexity index is 992. The minimum Gasteiger partial charge on any atom is -0.362 e. The van der Waals surface area contributed by atoms with Crippen molar-refractivity contribution in [3.63, 3.8) is 0 Å². The molecule has 3 aliphatic rings. The van der Waals surface area contributed by atoms with Gasteiger partial charge in [0.2, 0.25) is 0 Å². The first kappa shape index (κ1) is 20.6. The summed E-state index contributed by atoms with van der Waals surface area (Å²) in [6.45, 7) is 3.21. The highest BCUT2D eigenvalue weighted by molar-refractivity contribution is 6.32. The third-order valence-corrected chi connectivity index (χ3v) is 6.47. The van der Waals surface area contributed by atoms with Crippen LogP contribution in [0.2, 0.25) is 5.02 Å². The van der Waals surface area contributed by atoms with Crippen molar-refractivity contribution < 1.29 is 14.5 Å². The number of carbonyl (C=O) groups is 2. The number of benzene rings is 1. The highest BCUT2D eigenvalue weighted by atomic mass is 35.5. The van der Waals surface area contributed by atoms with E-state index < -0.39 is 10.8 Å². The van der Waals surface area contributed by atoms with Crippen LogP contribution in [0.25, 0.3) is 0 Å². The standard InChI is InChI=1S/C22H24ClN3O4/c1-13-19(22(28)25-10-3-2-4-11-25)20(21-16(24-13)6-5-7-18(21)27)14-8-9-15(23)17(12-14)26(29)30/h8-9,12,20,24H,2-7,10-11H2,1H3. The minimum absolute atomic E-state index is 0.0113. The Kier molecular flexibility index (Phi) is 5.64. The van der Waals surface area contributed by atoms with Gasteiger partial charge in [0.1, 0.15) is 5.02 Å². The Balaban J connectivity index is 1.86. The molecular formula is C22H24ClN3O4. The molecule has 0 bridgehead atoms. The van der Waals surface area contributed by atoms with Crippen LogP contribution >= 0.6 is 11.6 Å². The molecule has 1 aromatic carbocycles. The van der Waals surface area contributed by atoms with Gasteiger partial charge in [0.25, 0.3) is 11.6 Å². The molecule has 1 saturated heterocycles. The van der Waals surface area contributed by atoms with E-state index in [1.807, 2.05) is 11.8 Å². The first-order chi connectivity index (χ1) is 14.4. The number of amides is 1. The van der Waals surface area contributed by atoms with Crippen LogP contribution in [0.5, 0.6) is 0 Å². The van der Waals surface area contributed by atoms with Crippen LogP contribution in [0.3, 0.4) is 0 Å². The first-order valence-electron chi connectivity index (χ1n) is 10.4. The van der Waals surface area contributed by atoms with E-state index in [1.165, 1.54) is 12.1 Å². The van der Waals surface area contributed by atoms with E-state index in [9.17, 15) is 19.7 Å². The molecule has 7 nitrogen and oxygen atoms in total. The van der Waals surface area contributed by atoms with Gasteiger partial charge in [-0.05, 0) is 50.7 Å². The van der Waals surface area contributed by atoms with E-state index in [1.54, 1.807) is 6.07 Å². The highest BCUT2D eigenvalue weighted by Crippen LogP contribution is 2.44. The van der Waals surface area contributed by atoms with Crippen LogP contribution in [-0.2, 0) is 9.59 Å². The van der Waals surface area contributed by atoms with Crippen molar-refractivity contribution in [3.8, 4) is 0 Å². The van der Waals surface area contributed by atoms with Crippen molar-refractivity contribution in [1.82, 2.24) is 10.2 Å². The van der Waals surface area contributed by atoms with E-state index in [-0.39, 0.29) is 22.4 Å². The quantitative estimate of drug-likeness (QED) is 0.573. The monoisotopic (exact) mass is 429 g/mol. The fourth-order valence-corrected chi connectivity index (χ4v) is 4.90. The van der Waals surface area contributed by atoms with Crippen LogP contribution in [0.1, 0.15) is 56.9 Å². The zero-order valence-corrected chi connectivity index (χ0v) is 17.6. The molecule has 1 N–H and O–H groups in total. The molecule has 0 spiro atoms. The van der Waals surface area contributed by atoms with Crippen LogP contribution < -0.4 is 5.32 Å². The maximum Gasteiger partial charge on any atom is 0.288 e. The number of likely N-dealkylation sites (tertiary alicyclic amines) is 1. The number of hydrogen-bond acceptors (Lipinski definition) is 5. The number of carbonyl (C=O) groups excluding carboxylic acids is 2. The molecule has 1 unspecified atom stereocenters. The molecule has 8 heteroatoms. The molecule has 1 atom stereocenters. The Morgan fingerprint density at radius 1 is 1.20 bits per heavy atom. The summed E-state index contributed by atoms with van der Waals surface area (Å²) in [4.78, 5) is 39.3. The molecule has 2 heterocycles. The number of nitrogens with one attached hydrogen (secondary N) is 1. The molecule has 4 rings (SSSR count). The Labute approximate surface area is 179 Å². The Morgan fingerprint density at radius 3 is 2.63 bits per heavy atom. The summed E-state index contributed by atoms with van der Waals surface area (Å²) in [6.07, 6.45) is 4.89. The largest absolute Gasteiger partial charge is 0.362 e. The minimum atomic E-state index is -0.626. The highest BCUT2D eigenvalue weighted by Gasteiger charge is 2.40. The van der Waals surface area contributed by atoms with Gasteiger partial charge < -0.3 is 10.2 Å². The predicted molar refractivity (Wildman–Crippen MR) is 113 cm³/mol. The molecule has 30 heavy (non-hydrogen) atoms. The third-order valence-electron chi connectivity index (χ3n) is 6.15. The van der Waals surface area contributed by atoms with Gasteiger partial charge in [0.05, 0.1) is 4.92 Å². The van der Waals surface area contributed by atoms with Crippen molar-refractivity contribution in [2.24, 2.45) is 0 Å². The number of halogens is 1. The normalized spacial score (nSPS) is 22.0. The van der Waals surface area contributed by atoms with Crippen LogP contribution in [-0.4, -0.2) is 34.6 Å². The van der Waals surface area contributed by atoms with Crippen molar-refractivity contribution >= 4 is 29.0 Å². The summed E-state index contributed by atoms with van der Waals surface area (Å²) in [5.41, 5.74) is 2.92. The SMILES string of the molecule is CC1=C(C(=O)N2CCCCC2)C(c2ccc(Cl)c([N+](=O)[O-])c2)C2=C(CCCC2=O)N1. The van der Waals surface area contributed by atoms with Crippen molar-refractivity contribution in [3.05, 3.63) is 61.4 Å². The van der Waals surface area contributed by atoms with Gasteiger partial charge in [-0.3, -0.25) is 19.7 Å². The molecule has 1 aromatic rings. The lowest BCUT2D eigenvalue weighted by Crippen LogP contribution is -2.42. The van der Waals surface area contributed by atoms with Gasteiger partial charge in [-0.15, -0.1) is 0 Å². The first-order valence-corrected chi connectivity index (χ1v) is 10.7. The molecule has 0 saturated carbocycles. The number of nitro benzene ring substituents is 1. The van der Waals surface area contributed by atoms with Gasteiger partial charge >= 0.3 is 0 Å². The zero-order valence-electron chi connectivity index (χ0n) is 16.9. The molecule has 1 amide bonds. The number of Topliss-reactive ketones (excluding diaryl/α,β-unsaturated/α-hetero) is 1. The van der Waals surface area contributed by atoms with E-state index in [0.717, 1.165) is 37.8 Å². The fraction of sp³-hybridized carbons (Fsp3) is 0.455. The van der Waals surface area contributed by atoms with E-state index >= 15 is 0 Å². The number of dihydropyridines is 1. The maximum atomic E-state index is 13.5. The number of nitro groups is 1. The van der Waals surface area contributed by atoms with Crippen molar-refractivity contribution in [2.45, 2.75) is 51.4 Å². The lowest BCUT2D eigenvalue weighted by Gasteiger charge is -2.37. The summed E-state index contributed by atoms with van der Waals surface area (Å²) in [5, 5.41) is 14.8. The summed E-state index contributed by atoms with van der Waals surface area (Å²) >= 11 is 6.03. The van der Waals surface area contributed by atoms with Gasteiger partial charge in [0, 0.05) is 54.0 Å². The number of nitrogens with zero attached hydrogens (tertiary/aromatic N) is 2. The number of hydrogen-bond donors (Lipinski definition) is 1. The number of ketones is 1. The molecule has 1 aliphatic carbocycles. The van der Waals surface area contributed by atoms with E-state index in [0.29, 0.717) is 41.9 Å². The zero-order chi connectivity index (χ0) is 21.4. The molecule has 158 valence electrons. The molecule has 0 aromatic heterocycles. The number of rotatable bonds is 3. The topological polar surface area (TPSA) is 92.6 Å². The fourth-order valence-electron chi connectivity index (χ4n) is 4.72. The summed E-state index contributed by atoms with van der Waals surface area (Å²) in [6, 6.07) is 4.57. The maximum absolute atomic E-state index is 13.5. The van der Waals surface area contributed by atoms with Crippen molar-refractivity contribution in [1.29, 1.82) is 0 Å². The van der Waals surface area contributed by atoms with Crippen LogP contribution in [0, 0.1) is 10.1 Å². The lowest BCUT2D eigenvalue weighted by atomic mass is 9.74. The summed E-state index contributed by atoms with van der Waals surface area (Å²) in [7, 11) is 0. The van der Waals surface area contributed by atoms with E-state index in [2.05, 4.69) is 5.32 Å². The van der Waals surface area contributed by atoms with Crippen molar-refractivity contribution in [2.75, 3.05) is 13.1 Å². The molecule has 0 radical (unpaired) electrons. The van der Waals surface area contributed by atoms with E-state index in [4.69, 9.17) is 11.6 Å². The second-order valence-corrected chi connectivity index (χ2v) is 8.49. The second kappa shape index (κ2) is 8.22. The third kappa shape index (κ3) is 3.62. The summed E-state index contributed by atoms with van der Waals surface area (Å²) < 4.78 is 0. The van der Waals surface area contributed by atoms with Gasteiger partial charge in [-0.1, -0.05) is 17.7 Å². The molecular weight excluding hydrogens is 406 g/mol. The van der Waals surface area contributed by atoms with Crippen LogP contribution in [0.4, 0.5) is 5.69 Å². The Morgan fingerprint density at radius 2 is 1.93 bits per heavy atom. The lowest BCUT2D eigenvalue weighted by molar-refractivity contribution is -0.384. The predicted octanol–water partition coefficient (Wildman–Crippen LogP) is 4.23. The van der Waals surface area contributed by atoms with Gasteiger partial charge in [0.15, 0.2) is 5.78 Å². The van der Waals surface area contributed by atoms with Gasteiger partial charge in [-0.2, -0.15) is 0 Å². The summed E-state index contributed by atoms with van der Waals surface area (Å²) in [5.74, 6) is -0.741. The second-order valence-electron chi connectivity index (χ2n) is 8.09. The average molecular weight is 430 g/mol. The smallest absolute Gasteiger partial charge is 0.288 e.